The number of benzene rings is 1. The quantitative estimate of drug-likeness (QED) is 0.380. The van der Waals surface area contributed by atoms with Crippen molar-refractivity contribution in [3.05, 3.63) is 35.9 Å². The Morgan fingerprint density at radius 2 is 2.26 bits per heavy atom. The summed E-state index contributed by atoms with van der Waals surface area (Å²) in [4.78, 5) is 0. The molecule has 2 rings (SSSR count). The SMILES string of the molecule is C=C(C)CNC(=S)NN=Cc1ccc2c(c1)OCO2. The zero-order valence-electron chi connectivity index (χ0n) is 10.6. The third-order valence-corrected chi connectivity index (χ3v) is 2.56. The highest BCUT2D eigenvalue weighted by molar-refractivity contribution is 7.80. The third-order valence-electron chi connectivity index (χ3n) is 2.33. The Morgan fingerprint density at radius 1 is 1.47 bits per heavy atom. The highest BCUT2D eigenvalue weighted by Crippen LogP contribution is 2.31. The molecule has 1 aliphatic heterocycles. The maximum absolute atomic E-state index is 5.28. The molecule has 5 nitrogen and oxygen atoms in total. The highest BCUT2D eigenvalue weighted by Gasteiger charge is 2.12. The first-order valence-corrected chi connectivity index (χ1v) is 6.17. The van der Waals surface area contributed by atoms with Crippen molar-refractivity contribution in [3.8, 4) is 11.5 Å². The van der Waals surface area contributed by atoms with Crippen LogP contribution in [0.1, 0.15) is 12.5 Å². The third kappa shape index (κ3) is 3.96. The van der Waals surface area contributed by atoms with Crippen LogP contribution < -0.4 is 20.2 Å². The summed E-state index contributed by atoms with van der Waals surface area (Å²) in [5, 5.41) is 7.47. The number of fused-ring (bicyclic) bond motifs is 1. The van der Waals surface area contributed by atoms with Crippen molar-refractivity contribution in [1.29, 1.82) is 0 Å². The van der Waals surface area contributed by atoms with E-state index in [4.69, 9.17) is 21.7 Å². The van der Waals surface area contributed by atoms with Crippen LogP contribution in [0.15, 0.2) is 35.5 Å². The average Bonchev–Trinajstić information content (AvgIpc) is 2.83. The molecule has 1 aliphatic rings. The zero-order valence-corrected chi connectivity index (χ0v) is 11.4. The van der Waals surface area contributed by atoms with Gasteiger partial charge in [-0.05, 0) is 42.9 Å². The first-order valence-electron chi connectivity index (χ1n) is 5.76. The van der Waals surface area contributed by atoms with Gasteiger partial charge in [0.05, 0.1) is 6.21 Å². The molecule has 0 saturated heterocycles. The van der Waals surface area contributed by atoms with Gasteiger partial charge in [0, 0.05) is 6.54 Å². The van der Waals surface area contributed by atoms with E-state index in [1.54, 1.807) is 6.21 Å². The smallest absolute Gasteiger partial charge is 0.231 e. The van der Waals surface area contributed by atoms with E-state index in [0.29, 0.717) is 11.7 Å². The van der Waals surface area contributed by atoms with Crippen LogP contribution in [-0.2, 0) is 0 Å². The van der Waals surface area contributed by atoms with Gasteiger partial charge in [0.15, 0.2) is 16.6 Å². The molecule has 6 heteroatoms. The Labute approximate surface area is 117 Å². The predicted octanol–water partition coefficient (Wildman–Crippen LogP) is 1.79. The fourth-order valence-electron chi connectivity index (χ4n) is 1.43. The standard InChI is InChI=1S/C13H15N3O2S/c1-9(2)6-14-13(19)16-15-7-10-3-4-11-12(5-10)18-8-17-11/h3-5,7H,1,6,8H2,2H3,(H2,14,16,19). The number of hydrogen-bond donors (Lipinski definition) is 2. The molecule has 0 amide bonds. The van der Waals surface area contributed by atoms with E-state index in [9.17, 15) is 0 Å². The van der Waals surface area contributed by atoms with Crippen LogP contribution >= 0.6 is 12.2 Å². The Balaban J connectivity index is 1.85. The summed E-state index contributed by atoms with van der Waals surface area (Å²) in [6.07, 6.45) is 1.66. The molecule has 0 fully saturated rings. The number of thiocarbonyl (C=S) groups is 1. The second-order valence-electron chi connectivity index (χ2n) is 4.12. The van der Waals surface area contributed by atoms with Gasteiger partial charge in [-0.2, -0.15) is 5.10 Å². The number of nitrogens with one attached hydrogen (secondary N) is 2. The van der Waals surface area contributed by atoms with Crippen LogP contribution in [0.5, 0.6) is 11.5 Å². The predicted molar refractivity (Wildman–Crippen MR) is 78.7 cm³/mol. The molecule has 1 aromatic carbocycles. The van der Waals surface area contributed by atoms with Crippen molar-refractivity contribution >= 4 is 23.5 Å². The molecule has 0 atom stereocenters. The molecule has 100 valence electrons. The fraction of sp³-hybridized carbons (Fsp3) is 0.231. The summed E-state index contributed by atoms with van der Waals surface area (Å²) in [7, 11) is 0. The van der Waals surface area contributed by atoms with E-state index >= 15 is 0 Å². The summed E-state index contributed by atoms with van der Waals surface area (Å²) in [5.74, 6) is 1.48. The van der Waals surface area contributed by atoms with Gasteiger partial charge in [-0.15, -0.1) is 0 Å². The first-order chi connectivity index (χ1) is 9.15. The number of hydrogen-bond acceptors (Lipinski definition) is 4. The lowest BCUT2D eigenvalue weighted by Gasteiger charge is -2.05. The Morgan fingerprint density at radius 3 is 3.05 bits per heavy atom. The van der Waals surface area contributed by atoms with Crippen molar-refractivity contribution < 1.29 is 9.47 Å². The van der Waals surface area contributed by atoms with Crippen LogP contribution in [0.3, 0.4) is 0 Å². The van der Waals surface area contributed by atoms with Gasteiger partial charge < -0.3 is 14.8 Å². The summed E-state index contributed by atoms with van der Waals surface area (Å²) < 4.78 is 10.5. The minimum Gasteiger partial charge on any atom is -0.454 e. The average molecular weight is 277 g/mol. The Hall–Kier alpha value is -2.08. The summed E-state index contributed by atoms with van der Waals surface area (Å²) in [6, 6.07) is 5.60. The summed E-state index contributed by atoms with van der Waals surface area (Å²) >= 11 is 5.05. The van der Waals surface area contributed by atoms with Crippen LogP contribution in [0.2, 0.25) is 0 Å². The van der Waals surface area contributed by atoms with Gasteiger partial charge in [-0.1, -0.05) is 12.2 Å². The van der Waals surface area contributed by atoms with Gasteiger partial charge in [-0.3, -0.25) is 5.43 Å². The minimum absolute atomic E-state index is 0.267. The second-order valence-corrected chi connectivity index (χ2v) is 4.53. The van der Waals surface area contributed by atoms with Crippen molar-refractivity contribution in [3.63, 3.8) is 0 Å². The molecule has 19 heavy (non-hydrogen) atoms. The molecule has 0 aliphatic carbocycles. The lowest BCUT2D eigenvalue weighted by atomic mass is 10.2. The Kier molecular flexibility index (Phi) is 4.35. The van der Waals surface area contributed by atoms with E-state index in [-0.39, 0.29) is 6.79 Å². The molecule has 0 bridgehead atoms. The summed E-state index contributed by atoms with van der Waals surface area (Å²) in [5.41, 5.74) is 4.64. The topological polar surface area (TPSA) is 54.9 Å². The lowest BCUT2D eigenvalue weighted by Crippen LogP contribution is -2.32. The maximum atomic E-state index is 5.28. The number of rotatable bonds is 4. The largest absolute Gasteiger partial charge is 0.454 e. The molecule has 0 spiro atoms. The molecular formula is C13H15N3O2S. The molecule has 1 aromatic rings. The Bertz CT molecular complexity index is 529. The van der Waals surface area contributed by atoms with E-state index in [0.717, 1.165) is 22.6 Å². The molecule has 0 saturated carbocycles. The van der Waals surface area contributed by atoms with Crippen molar-refractivity contribution in [2.75, 3.05) is 13.3 Å². The lowest BCUT2D eigenvalue weighted by molar-refractivity contribution is 0.174. The van der Waals surface area contributed by atoms with Gasteiger partial charge in [0.2, 0.25) is 6.79 Å². The van der Waals surface area contributed by atoms with Crippen LogP contribution in [0.25, 0.3) is 0 Å². The molecule has 2 N–H and O–H groups in total. The number of hydrazone groups is 1. The van der Waals surface area contributed by atoms with Crippen molar-refractivity contribution in [2.24, 2.45) is 5.10 Å². The second kappa shape index (κ2) is 6.19. The van der Waals surface area contributed by atoms with E-state index in [1.165, 1.54) is 0 Å². The zero-order chi connectivity index (χ0) is 13.7. The maximum Gasteiger partial charge on any atom is 0.231 e. The molecule has 0 unspecified atom stereocenters. The monoisotopic (exact) mass is 277 g/mol. The van der Waals surface area contributed by atoms with E-state index in [2.05, 4.69) is 22.4 Å². The van der Waals surface area contributed by atoms with E-state index < -0.39 is 0 Å². The van der Waals surface area contributed by atoms with Crippen LogP contribution in [0, 0.1) is 0 Å². The van der Waals surface area contributed by atoms with Gasteiger partial charge >= 0.3 is 0 Å². The fourth-order valence-corrected chi connectivity index (χ4v) is 1.55. The normalized spacial score (nSPS) is 12.5. The van der Waals surface area contributed by atoms with Crippen molar-refractivity contribution in [1.82, 2.24) is 10.7 Å². The van der Waals surface area contributed by atoms with Crippen molar-refractivity contribution in [2.45, 2.75) is 6.92 Å². The van der Waals surface area contributed by atoms with E-state index in [1.807, 2.05) is 25.1 Å². The van der Waals surface area contributed by atoms with Crippen LogP contribution in [-0.4, -0.2) is 24.7 Å². The number of nitrogens with zero attached hydrogens (tertiary/aromatic N) is 1. The molecule has 0 aromatic heterocycles. The first kappa shape index (κ1) is 13.4. The minimum atomic E-state index is 0.267. The molecule has 0 radical (unpaired) electrons. The van der Waals surface area contributed by atoms with Gasteiger partial charge in [-0.25, -0.2) is 0 Å². The van der Waals surface area contributed by atoms with Gasteiger partial charge in [0.1, 0.15) is 0 Å². The molecule has 1 heterocycles. The summed E-state index contributed by atoms with van der Waals surface area (Å²) in [6.45, 7) is 6.59. The van der Waals surface area contributed by atoms with Crippen LogP contribution in [0.4, 0.5) is 0 Å². The van der Waals surface area contributed by atoms with Gasteiger partial charge in [0.25, 0.3) is 0 Å². The highest BCUT2D eigenvalue weighted by atomic mass is 32.1. The molecular weight excluding hydrogens is 262 g/mol. The number of ether oxygens (including phenoxy) is 2.